The summed E-state index contributed by atoms with van der Waals surface area (Å²) in [7, 11) is 0. The van der Waals surface area contributed by atoms with Crippen LogP contribution >= 0.6 is 11.3 Å². The maximum Gasteiger partial charge on any atom is 0.226 e. The predicted octanol–water partition coefficient (Wildman–Crippen LogP) is 2.31. The Labute approximate surface area is 134 Å². The number of hydrogen-bond donors (Lipinski definition) is 1. The zero-order valence-electron chi connectivity index (χ0n) is 12.7. The van der Waals surface area contributed by atoms with Gasteiger partial charge < -0.3 is 10.2 Å². The van der Waals surface area contributed by atoms with E-state index in [2.05, 4.69) is 26.3 Å². The van der Waals surface area contributed by atoms with E-state index in [9.17, 15) is 4.79 Å². The van der Waals surface area contributed by atoms with Gasteiger partial charge in [0.1, 0.15) is 5.82 Å². The Kier molecular flexibility index (Phi) is 4.68. The molecule has 22 heavy (non-hydrogen) atoms. The van der Waals surface area contributed by atoms with Crippen molar-refractivity contribution in [2.45, 2.75) is 32.7 Å². The minimum atomic E-state index is 0.00448. The zero-order valence-corrected chi connectivity index (χ0v) is 13.5. The van der Waals surface area contributed by atoms with Crippen molar-refractivity contribution in [2.24, 2.45) is 0 Å². The molecule has 2 aromatic rings. The Morgan fingerprint density at radius 1 is 1.41 bits per heavy atom. The van der Waals surface area contributed by atoms with Crippen LogP contribution in [0.4, 0.5) is 5.82 Å². The lowest BCUT2D eigenvalue weighted by Crippen LogP contribution is -2.25. The molecular formula is C16H20N4OS. The number of rotatable bonds is 5. The van der Waals surface area contributed by atoms with Crippen molar-refractivity contribution >= 4 is 23.1 Å². The number of aromatic nitrogens is 2. The second-order valence-corrected chi connectivity index (χ2v) is 6.59. The summed E-state index contributed by atoms with van der Waals surface area (Å²) in [5.41, 5.74) is 1.92. The molecule has 1 fully saturated rings. The van der Waals surface area contributed by atoms with Gasteiger partial charge in [-0.1, -0.05) is 0 Å². The Bertz CT molecular complexity index is 649. The molecule has 116 valence electrons. The van der Waals surface area contributed by atoms with Crippen LogP contribution in [0.1, 0.15) is 29.1 Å². The number of carbonyl (C=O) groups is 1. The van der Waals surface area contributed by atoms with Crippen LogP contribution in [0, 0.1) is 6.92 Å². The van der Waals surface area contributed by atoms with Gasteiger partial charge in [-0.25, -0.2) is 9.97 Å². The molecule has 0 aromatic carbocycles. The van der Waals surface area contributed by atoms with Crippen LogP contribution in [0.5, 0.6) is 0 Å². The molecule has 0 saturated carbocycles. The van der Waals surface area contributed by atoms with Crippen LogP contribution in [-0.2, 0) is 17.8 Å². The fraction of sp³-hybridized carbons (Fsp3) is 0.438. The van der Waals surface area contributed by atoms with E-state index in [1.807, 2.05) is 24.6 Å². The van der Waals surface area contributed by atoms with Crippen molar-refractivity contribution in [1.29, 1.82) is 0 Å². The molecule has 0 unspecified atom stereocenters. The summed E-state index contributed by atoms with van der Waals surface area (Å²) in [6.45, 7) is 4.63. The summed E-state index contributed by atoms with van der Waals surface area (Å²) < 4.78 is 0. The molecule has 5 nitrogen and oxygen atoms in total. The largest absolute Gasteiger partial charge is 0.357 e. The first-order valence-corrected chi connectivity index (χ1v) is 8.46. The first-order valence-electron chi connectivity index (χ1n) is 7.58. The third-order valence-electron chi connectivity index (χ3n) is 3.74. The molecule has 1 aliphatic rings. The van der Waals surface area contributed by atoms with E-state index in [1.165, 1.54) is 12.8 Å². The van der Waals surface area contributed by atoms with Crippen LogP contribution in [-0.4, -0.2) is 29.0 Å². The van der Waals surface area contributed by atoms with Crippen LogP contribution in [0.2, 0.25) is 0 Å². The molecule has 0 atom stereocenters. The third-order valence-corrected chi connectivity index (χ3v) is 4.56. The smallest absolute Gasteiger partial charge is 0.226 e. The number of hydrogen-bond acceptors (Lipinski definition) is 5. The van der Waals surface area contributed by atoms with Crippen molar-refractivity contribution in [2.75, 3.05) is 18.0 Å². The summed E-state index contributed by atoms with van der Waals surface area (Å²) in [5, 5.41) is 5.88. The van der Waals surface area contributed by atoms with E-state index in [4.69, 9.17) is 0 Å². The molecule has 3 rings (SSSR count). The van der Waals surface area contributed by atoms with Gasteiger partial charge in [0.15, 0.2) is 0 Å². The van der Waals surface area contributed by atoms with Crippen LogP contribution in [0.3, 0.4) is 0 Å². The highest BCUT2D eigenvalue weighted by atomic mass is 32.1. The number of pyridine rings is 1. The molecule has 1 saturated heterocycles. The molecule has 2 aromatic heterocycles. The Morgan fingerprint density at radius 2 is 2.23 bits per heavy atom. The van der Waals surface area contributed by atoms with E-state index in [0.29, 0.717) is 13.0 Å². The molecule has 1 amide bonds. The number of aryl methyl sites for hydroxylation is 1. The topological polar surface area (TPSA) is 58.1 Å². The van der Waals surface area contributed by atoms with Gasteiger partial charge in [-0.05, 0) is 37.5 Å². The monoisotopic (exact) mass is 316 g/mol. The molecule has 0 radical (unpaired) electrons. The lowest BCUT2D eigenvalue weighted by molar-refractivity contribution is -0.120. The van der Waals surface area contributed by atoms with Gasteiger partial charge in [0.2, 0.25) is 5.91 Å². The van der Waals surface area contributed by atoms with E-state index in [0.717, 1.165) is 35.2 Å². The average Bonchev–Trinajstić information content (AvgIpc) is 3.17. The summed E-state index contributed by atoms with van der Waals surface area (Å²) in [4.78, 5) is 23.0. The van der Waals surface area contributed by atoms with E-state index < -0.39 is 0 Å². The highest BCUT2D eigenvalue weighted by Crippen LogP contribution is 2.18. The lowest BCUT2D eigenvalue weighted by Gasteiger charge is -2.16. The first kappa shape index (κ1) is 15.0. The van der Waals surface area contributed by atoms with Crippen molar-refractivity contribution in [3.8, 4) is 0 Å². The third kappa shape index (κ3) is 3.82. The summed E-state index contributed by atoms with van der Waals surface area (Å²) >= 11 is 1.57. The first-order chi connectivity index (χ1) is 10.7. The van der Waals surface area contributed by atoms with Gasteiger partial charge in [-0.3, -0.25) is 4.79 Å². The average molecular weight is 316 g/mol. The minimum absolute atomic E-state index is 0.00448. The second-order valence-electron chi connectivity index (χ2n) is 5.53. The molecule has 1 N–H and O–H groups in total. The molecule has 1 aliphatic heterocycles. The number of thiazole rings is 1. The SMILES string of the molecule is Cc1nc(CC(=O)NCc2ccnc(N3CCCC3)c2)cs1. The van der Waals surface area contributed by atoms with Gasteiger partial charge in [0.25, 0.3) is 0 Å². The van der Waals surface area contributed by atoms with Crippen molar-refractivity contribution in [3.63, 3.8) is 0 Å². The van der Waals surface area contributed by atoms with E-state index >= 15 is 0 Å². The van der Waals surface area contributed by atoms with Crippen molar-refractivity contribution < 1.29 is 4.79 Å². The summed E-state index contributed by atoms with van der Waals surface area (Å²) in [6.07, 6.45) is 4.62. The van der Waals surface area contributed by atoms with E-state index in [-0.39, 0.29) is 5.91 Å². The number of anilines is 1. The van der Waals surface area contributed by atoms with Crippen LogP contribution < -0.4 is 10.2 Å². The Morgan fingerprint density at radius 3 is 2.95 bits per heavy atom. The molecule has 0 bridgehead atoms. The molecule has 3 heterocycles. The number of nitrogens with one attached hydrogen (secondary N) is 1. The van der Waals surface area contributed by atoms with Crippen LogP contribution in [0.25, 0.3) is 0 Å². The fourth-order valence-corrected chi connectivity index (χ4v) is 3.22. The second kappa shape index (κ2) is 6.87. The summed E-state index contributed by atoms with van der Waals surface area (Å²) in [5.74, 6) is 1.02. The molecule has 6 heteroatoms. The summed E-state index contributed by atoms with van der Waals surface area (Å²) in [6, 6.07) is 4.02. The van der Waals surface area contributed by atoms with Gasteiger partial charge in [-0.15, -0.1) is 11.3 Å². The minimum Gasteiger partial charge on any atom is -0.357 e. The van der Waals surface area contributed by atoms with E-state index in [1.54, 1.807) is 11.3 Å². The highest BCUT2D eigenvalue weighted by Gasteiger charge is 2.13. The van der Waals surface area contributed by atoms with Gasteiger partial charge in [0, 0.05) is 31.2 Å². The van der Waals surface area contributed by atoms with Crippen LogP contribution in [0.15, 0.2) is 23.7 Å². The molecular weight excluding hydrogens is 296 g/mol. The predicted molar refractivity (Wildman–Crippen MR) is 88.1 cm³/mol. The highest BCUT2D eigenvalue weighted by molar-refractivity contribution is 7.09. The maximum absolute atomic E-state index is 12.0. The number of carbonyl (C=O) groups excluding carboxylic acids is 1. The zero-order chi connectivity index (χ0) is 15.4. The quantitative estimate of drug-likeness (QED) is 0.919. The standard InChI is InChI=1S/C16H20N4OS/c1-12-19-14(11-22-12)9-16(21)18-10-13-4-5-17-15(8-13)20-6-2-3-7-20/h4-5,8,11H,2-3,6-7,9-10H2,1H3,(H,18,21). The number of amides is 1. The van der Waals surface area contributed by atoms with Gasteiger partial charge >= 0.3 is 0 Å². The molecule has 0 aliphatic carbocycles. The Hall–Kier alpha value is -1.95. The number of nitrogens with zero attached hydrogens (tertiary/aromatic N) is 3. The van der Waals surface area contributed by atoms with Gasteiger partial charge in [0.05, 0.1) is 17.1 Å². The maximum atomic E-state index is 12.0. The Balaban J connectivity index is 1.54. The van der Waals surface area contributed by atoms with Gasteiger partial charge in [-0.2, -0.15) is 0 Å². The fourth-order valence-electron chi connectivity index (χ4n) is 2.61. The van der Waals surface area contributed by atoms with Crippen molar-refractivity contribution in [3.05, 3.63) is 40.0 Å². The normalized spacial score (nSPS) is 14.3. The lowest BCUT2D eigenvalue weighted by atomic mass is 10.2. The molecule has 0 spiro atoms. The van der Waals surface area contributed by atoms with Crippen molar-refractivity contribution in [1.82, 2.24) is 15.3 Å².